The molecule has 5 rings (SSSR count). The van der Waals surface area contributed by atoms with Gasteiger partial charge in [0, 0.05) is 29.2 Å². The molecule has 4 nitrogen and oxygen atoms in total. The van der Waals surface area contributed by atoms with Crippen molar-refractivity contribution in [2.45, 2.75) is 13.5 Å². The highest BCUT2D eigenvalue weighted by molar-refractivity contribution is 8.18. The summed E-state index contributed by atoms with van der Waals surface area (Å²) in [6, 6.07) is 21.7. The number of nitrogens with zero attached hydrogens (tertiary/aromatic N) is 2. The number of aliphatic imine (C=N–C) groups is 1. The number of hydrogen-bond donors (Lipinski definition) is 1. The summed E-state index contributed by atoms with van der Waals surface area (Å²) in [5.74, 6) is -0.146. The third kappa shape index (κ3) is 4.71. The third-order valence-corrected chi connectivity index (χ3v) is 6.98. The van der Waals surface area contributed by atoms with E-state index in [9.17, 15) is 4.79 Å². The zero-order valence-corrected chi connectivity index (χ0v) is 20.0. The predicted molar refractivity (Wildman–Crippen MR) is 139 cm³/mol. The molecule has 0 spiro atoms. The fraction of sp³-hybridized carbons (Fsp3) is 0.0769. The summed E-state index contributed by atoms with van der Waals surface area (Å²) >= 11 is 13.6. The maximum absolute atomic E-state index is 12.6. The first-order chi connectivity index (χ1) is 16.0. The zero-order chi connectivity index (χ0) is 22.9. The number of aryl methyl sites for hydroxylation is 1. The van der Waals surface area contributed by atoms with Crippen LogP contribution in [0.25, 0.3) is 17.0 Å². The SMILES string of the molecule is Cc1cccc(N=C2NC(=O)/C(=C/c3cn(Cc4ccc(Cl)c(Cl)c4)c4ccccc34)S2)c1. The van der Waals surface area contributed by atoms with Gasteiger partial charge in [-0.05, 0) is 66.2 Å². The van der Waals surface area contributed by atoms with Crippen molar-refractivity contribution in [2.24, 2.45) is 4.99 Å². The number of hydrogen-bond acceptors (Lipinski definition) is 3. The second-order valence-corrected chi connectivity index (χ2v) is 9.64. The first-order valence-corrected chi connectivity index (χ1v) is 11.9. The van der Waals surface area contributed by atoms with Gasteiger partial charge in [0.1, 0.15) is 0 Å². The van der Waals surface area contributed by atoms with Crippen LogP contribution in [0.1, 0.15) is 16.7 Å². The number of carbonyl (C=O) groups excluding carboxylic acids is 1. The van der Waals surface area contributed by atoms with Crippen molar-refractivity contribution in [3.05, 3.63) is 105 Å². The average Bonchev–Trinajstić information content (AvgIpc) is 3.31. The van der Waals surface area contributed by atoms with E-state index in [1.54, 1.807) is 0 Å². The Hall–Kier alpha value is -2.99. The average molecular weight is 492 g/mol. The Morgan fingerprint density at radius 1 is 1.03 bits per heavy atom. The minimum absolute atomic E-state index is 0.146. The van der Waals surface area contributed by atoms with Gasteiger partial charge in [-0.1, -0.05) is 59.6 Å². The van der Waals surface area contributed by atoms with Crippen LogP contribution in [0.5, 0.6) is 0 Å². The molecule has 1 amide bonds. The second kappa shape index (κ2) is 9.10. The Kier molecular flexibility index (Phi) is 6.02. The quantitative estimate of drug-likeness (QED) is 0.307. The molecule has 3 aromatic carbocycles. The van der Waals surface area contributed by atoms with E-state index in [1.165, 1.54) is 11.8 Å². The van der Waals surface area contributed by atoms with Gasteiger partial charge < -0.3 is 9.88 Å². The summed E-state index contributed by atoms with van der Waals surface area (Å²) in [4.78, 5) is 17.8. The molecule has 1 N–H and O–H groups in total. The summed E-state index contributed by atoms with van der Waals surface area (Å²) in [6.07, 6.45) is 3.98. The number of aromatic nitrogens is 1. The smallest absolute Gasteiger partial charge is 0.264 e. The molecule has 164 valence electrons. The maximum Gasteiger partial charge on any atom is 0.264 e. The molecule has 33 heavy (non-hydrogen) atoms. The zero-order valence-electron chi connectivity index (χ0n) is 17.7. The van der Waals surface area contributed by atoms with Gasteiger partial charge in [0.15, 0.2) is 5.17 Å². The lowest BCUT2D eigenvalue weighted by Crippen LogP contribution is -2.19. The summed E-state index contributed by atoms with van der Waals surface area (Å²) in [5, 5.41) is 5.59. The molecular formula is C26H19Cl2N3OS. The van der Waals surface area contributed by atoms with E-state index in [1.807, 2.05) is 67.6 Å². The van der Waals surface area contributed by atoms with Crippen LogP contribution in [0.2, 0.25) is 10.0 Å². The van der Waals surface area contributed by atoms with E-state index >= 15 is 0 Å². The Bertz CT molecular complexity index is 1460. The van der Waals surface area contributed by atoms with Gasteiger partial charge in [-0.2, -0.15) is 0 Å². The van der Waals surface area contributed by atoms with Crippen LogP contribution in [0.15, 0.2) is 82.8 Å². The molecular weight excluding hydrogens is 473 g/mol. The van der Waals surface area contributed by atoms with Crippen molar-refractivity contribution in [1.29, 1.82) is 0 Å². The van der Waals surface area contributed by atoms with Gasteiger partial charge in [0.25, 0.3) is 5.91 Å². The number of carbonyl (C=O) groups is 1. The molecule has 1 saturated heterocycles. The second-order valence-electron chi connectivity index (χ2n) is 7.80. The molecule has 1 fully saturated rings. The molecule has 0 aliphatic carbocycles. The van der Waals surface area contributed by atoms with Crippen LogP contribution in [0.3, 0.4) is 0 Å². The van der Waals surface area contributed by atoms with E-state index in [4.69, 9.17) is 23.2 Å². The van der Waals surface area contributed by atoms with Gasteiger partial charge >= 0.3 is 0 Å². The first kappa shape index (κ1) is 21.8. The number of fused-ring (bicyclic) bond motifs is 1. The Balaban J connectivity index is 1.47. The highest BCUT2D eigenvalue weighted by Gasteiger charge is 2.24. The van der Waals surface area contributed by atoms with Gasteiger partial charge in [-0.3, -0.25) is 4.79 Å². The van der Waals surface area contributed by atoms with Crippen LogP contribution in [-0.4, -0.2) is 15.6 Å². The van der Waals surface area contributed by atoms with Crippen molar-refractivity contribution >= 4 is 68.7 Å². The fourth-order valence-electron chi connectivity index (χ4n) is 3.79. The number of halogens is 2. The minimum Gasteiger partial charge on any atom is -0.342 e. The highest BCUT2D eigenvalue weighted by atomic mass is 35.5. The molecule has 2 heterocycles. The van der Waals surface area contributed by atoms with Crippen molar-refractivity contribution in [1.82, 2.24) is 9.88 Å². The van der Waals surface area contributed by atoms with E-state index < -0.39 is 0 Å². The third-order valence-electron chi connectivity index (χ3n) is 5.33. The van der Waals surface area contributed by atoms with Gasteiger partial charge in [0.2, 0.25) is 0 Å². The fourth-order valence-corrected chi connectivity index (χ4v) is 4.95. The van der Waals surface area contributed by atoms with Crippen LogP contribution < -0.4 is 5.32 Å². The van der Waals surface area contributed by atoms with Crippen LogP contribution in [-0.2, 0) is 11.3 Å². The van der Waals surface area contributed by atoms with Crippen LogP contribution in [0, 0.1) is 6.92 Å². The van der Waals surface area contributed by atoms with Gasteiger partial charge in [-0.15, -0.1) is 0 Å². The Morgan fingerprint density at radius 2 is 1.88 bits per heavy atom. The summed E-state index contributed by atoms with van der Waals surface area (Å²) in [6.45, 7) is 2.66. The summed E-state index contributed by atoms with van der Waals surface area (Å²) < 4.78 is 2.15. The Labute approximate surface area is 205 Å². The molecule has 4 aromatic rings. The molecule has 0 bridgehead atoms. The number of para-hydroxylation sites is 1. The number of benzene rings is 3. The highest BCUT2D eigenvalue weighted by Crippen LogP contribution is 2.32. The van der Waals surface area contributed by atoms with Crippen molar-refractivity contribution < 1.29 is 4.79 Å². The largest absolute Gasteiger partial charge is 0.342 e. The van der Waals surface area contributed by atoms with E-state index in [-0.39, 0.29) is 5.91 Å². The van der Waals surface area contributed by atoms with E-state index in [2.05, 4.69) is 33.2 Å². The number of amides is 1. The summed E-state index contributed by atoms with van der Waals surface area (Å²) in [5.41, 5.74) is 5.03. The molecule has 0 saturated carbocycles. The first-order valence-electron chi connectivity index (χ1n) is 10.3. The van der Waals surface area contributed by atoms with Gasteiger partial charge in [-0.25, -0.2) is 4.99 Å². The van der Waals surface area contributed by atoms with Crippen molar-refractivity contribution in [3.8, 4) is 0 Å². The molecule has 1 aliphatic rings. The minimum atomic E-state index is -0.146. The molecule has 1 aromatic heterocycles. The maximum atomic E-state index is 12.6. The lowest BCUT2D eigenvalue weighted by Gasteiger charge is -2.06. The Morgan fingerprint density at radius 3 is 2.70 bits per heavy atom. The molecule has 0 atom stereocenters. The molecule has 0 unspecified atom stereocenters. The number of thioether (sulfide) groups is 1. The number of rotatable bonds is 4. The normalized spacial score (nSPS) is 16.2. The van der Waals surface area contributed by atoms with Crippen molar-refractivity contribution in [3.63, 3.8) is 0 Å². The molecule has 7 heteroatoms. The predicted octanol–water partition coefficient (Wildman–Crippen LogP) is 7.20. The molecule has 1 aliphatic heterocycles. The number of nitrogens with one attached hydrogen (secondary N) is 1. The lowest BCUT2D eigenvalue weighted by molar-refractivity contribution is -0.115. The standard InChI is InChI=1S/C26H19Cl2N3OS/c1-16-5-4-6-19(11-16)29-26-30-25(32)24(33-26)13-18-15-31(23-8-3-2-7-20(18)23)14-17-9-10-21(27)22(28)12-17/h2-13,15H,14H2,1H3,(H,29,30,32)/b24-13-. The monoisotopic (exact) mass is 491 g/mol. The number of amidine groups is 1. The molecule has 0 radical (unpaired) electrons. The van der Waals surface area contributed by atoms with E-state index in [0.29, 0.717) is 26.7 Å². The lowest BCUT2D eigenvalue weighted by atomic mass is 10.1. The van der Waals surface area contributed by atoms with Crippen LogP contribution >= 0.6 is 35.0 Å². The van der Waals surface area contributed by atoms with Crippen molar-refractivity contribution in [2.75, 3.05) is 0 Å². The summed E-state index contributed by atoms with van der Waals surface area (Å²) in [7, 11) is 0. The van der Waals surface area contributed by atoms with E-state index in [0.717, 1.165) is 33.3 Å². The van der Waals surface area contributed by atoms with Gasteiger partial charge in [0.05, 0.1) is 20.6 Å². The topological polar surface area (TPSA) is 46.4 Å². The van der Waals surface area contributed by atoms with Crippen LogP contribution in [0.4, 0.5) is 5.69 Å².